The molecule has 4 nitrogen and oxygen atoms in total. The summed E-state index contributed by atoms with van der Waals surface area (Å²) in [6.07, 6.45) is -4.46. The van der Waals surface area contributed by atoms with Gasteiger partial charge in [-0.2, -0.15) is 18.3 Å². The molecule has 0 fully saturated rings. The number of carbonyl (C=O) groups is 1. The molecule has 1 aromatic heterocycles. The molecule has 1 unspecified atom stereocenters. The molecule has 0 aliphatic carbocycles. The highest BCUT2D eigenvalue weighted by Crippen LogP contribution is 2.31. The number of rotatable bonds is 2. The second-order valence-corrected chi connectivity index (χ2v) is 3.98. The molecule has 0 aliphatic rings. The van der Waals surface area contributed by atoms with Gasteiger partial charge >= 0.3 is 6.18 Å². The maximum absolute atomic E-state index is 12.6. The number of Topliss-reactive ketones (excluding diaryl/α,β-unsaturated/α-hetero) is 1. The molecule has 0 saturated carbocycles. The van der Waals surface area contributed by atoms with Crippen molar-refractivity contribution in [2.75, 3.05) is 0 Å². The van der Waals surface area contributed by atoms with E-state index in [9.17, 15) is 18.0 Å². The lowest BCUT2D eigenvalue weighted by atomic mass is 10.1. The van der Waals surface area contributed by atoms with Gasteiger partial charge in [0.25, 0.3) is 0 Å². The summed E-state index contributed by atoms with van der Waals surface area (Å²) in [5, 5.41) is 6.36. The number of aromatic nitrogens is 2. The van der Waals surface area contributed by atoms with Gasteiger partial charge in [0.05, 0.1) is 17.1 Å². The average Bonchev–Trinajstić information content (AvgIpc) is 2.69. The molecule has 0 radical (unpaired) electrons. The van der Waals surface area contributed by atoms with E-state index in [0.29, 0.717) is 5.52 Å². The fourth-order valence-electron chi connectivity index (χ4n) is 1.59. The monoisotopic (exact) mass is 257 g/mol. The predicted octanol–water partition coefficient (Wildman–Crippen LogP) is 2.11. The molecule has 18 heavy (non-hydrogen) atoms. The van der Waals surface area contributed by atoms with Crippen molar-refractivity contribution in [1.82, 2.24) is 10.2 Å². The summed E-state index contributed by atoms with van der Waals surface area (Å²) in [5.41, 5.74) is 4.90. The van der Waals surface area contributed by atoms with Gasteiger partial charge in [0, 0.05) is 5.39 Å². The zero-order chi connectivity index (χ0) is 13.5. The predicted molar refractivity (Wildman–Crippen MR) is 59.1 cm³/mol. The normalized spacial score (nSPS) is 13.8. The van der Waals surface area contributed by atoms with Crippen molar-refractivity contribution >= 4 is 16.7 Å². The minimum absolute atomic E-state index is 0.0638. The lowest BCUT2D eigenvalue weighted by Crippen LogP contribution is -2.27. The fraction of sp³-hybridized carbons (Fsp3) is 0.273. The van der Waals surface area contributed by atoms with Crippen LogP contribution in [0.1, 0.15) is 23.0 Å². The minimum atomic E-state index is -4.46. The van der Waals surface area contributed by atoms with E-state index >= 15 is 0 Å². The van der Waals surface area contributed by atoms with Crippen molar-refractivity contribution in [2.45, 2.75) is 19.1 Å². The van der Waals surface area contributed by atoms with Gasteiger partial charge in [-0.1, -0.05) is 0 Å². The number of nitrogens with one attached hydrogen (secondary N) is 1. The van der Waals surface area contributed by atoms with E-state index in [1.165, 1.54) is 13.0 Å². The third kappa shape index (κ3) is 2.08. The van der Waals surface area contributed by atoms with Crippen LogP contribution in [0.25, 0.3) is 10.9 Å². The highest BCUT2D eigenvalue weighted by Gasteiger charge is 2.31. The number of nitrogens with two attached hydrogens (primary N) is 1. The first kappa shape index (κ1) is 12.6. The number of benzene rings is 1. The van der Waals surface area contributed by atoms with E-state index in [-0.39, 0.29) is 11.1 Å². The van der Waals surface area contributed by atoms with Gasteiger partial charge in [0.2, 0.25) is 0 Å². The van der Waals surface area contributed by atoms with Crippen molar-refractivity contribution in [1.29, 1.82) is 0 Å². The number of halogens is 3. The smallest absolute Gasteiger partial charge is 0.321 e. The molecule has 1 atom stereocenters. The Kier molecular flexibility index (Phi) is 2.86. The Hall–Kier alpha value is -1.89. The molecule has 96 valence electrons. The second-order valence-electron chi connectivity index (χ2n) is 3.98. The standard InChI is InChI=1S/C11H10F3N3O/c1-5(15)10(18)9-7-4-6(11(12,13)14)2-3-8(7)16-17-9/h2-5H,15H2,1H3,(H,16,17). The Morgan fingerprint density at radius 2 is 2.11 bits per heavy atom. The Balaban J connectivity index is 2.60. The van der Waals surface area contributed by atoms with Crippen molar-refractivity contribution in [3.8, 4) is 0 Å². The van der Waals surface area contributed by atoms with Gasteiger partial charge in [-0.15, -0.1) is 0 Å². The number of alkyl halides is 3. The summed E-state index contributed by atoms with van der Waals surface area (Å²) >= 11 is 0. The molecule has 0 bridgehead atoms. The Bertz CT molecular complexity index is 601. The van der Waals surface area contributed by atoms with Crippen LogP contribution in [-0.4, -0.2) is 22.0 Å². The van der Waals surface area contributed by atoms with Crippen molar-refractivity contribution in [3.63, 3.8) is 0 Å². The molecule has 0 aliphatic heterocycles. The van der Waals surface area contributed by atoms with E-state index in [0.717, 1.165) is 12.1 Å². The fourth-order valence-corrected chi connectivity index (χ4v) is 1.59. The van der Waals surface area contributed by atoms with Crippen molar-refractivity contribution in [3.05, 3.63) is 29.5 Å². The number of nitrogens with zero attached hydrogens (tertiary/aromatic N) is 1. The highest BCUT2D eigenvalue weighted by molar-refractivity contribution is 6.08. The van der Waals surface area contributed by atoms with Crippen molar-refractivity contribution in [2.24, 2.45) is 5.73 Å². The van der Waals surface area contributed by atoms with Gasteiger partial charge in [-0.25, -0.2) is 0 Å². The molecule has 0 amide bonds. The van der Waals surface area contributed by atoms with Crippen LogP contribution in [0.15, 0.2) is 18.2 Å². The summed E-state index contributed by atoms with van der Waals surface area (Å²) in [7, 11) is 0. The van der Waals surface area contributed by atoms with E-state index in [4.69, 9.17) is 5.73 Å². The lowest BCUT2D eigenvalue weighted by molar-refractivity contribution is -0.137. The zero-order valence-electron chi connectivity index (χ0n) is 9.38. The summed E-state index contributed by atoms with van der Waals surface area (Å²) in [6.45, 7) is 1.45. The number of hydrogen-bond acceptors (Lipinski definition) is 3. The Labute approximate surface area is 100.0 Å². The van der Waals surface area contributed by atoms with Crippen LogP contribution in [0, 0.1) is 0 Å². The van der Waals surface area contributed by atoms with E-state index in [1.54, 1.807) is 0 Å². The third-order valence-electron chi connectivity index (χ3n) is 2.54. The second kappa shape index (κ2) is 4.09. The molecule has 7 heteroatoms. The van der Waals surface area contributed by atoms with Gasteiger partial charge in [-0.05, 0) is 25.1 Å². The summed E-state index contributed by atoms with van der Waals surface area (Å²) in [5.74, 6) is -0.499. The van der Waals surface area contributed by atoms with E-state index in [2.05, 4.69) is 10.2 Å². The van der Waals surface area contributed by atoms with Crippen LogP contribution in [-0.2, 0) is 6.18 Å². The Morgan fingerprint density at radius 1 is 1.44 bits per heavy atom. The summed E-state index contributed by atoms with van der Waals surface area (Å²) < 4.78 is 37.7. The first-order valence-corrected chi connectivity index (χ1v) is 5.16. The molecule has 2 aromatic rings. The SMILES string of the molecule is CC(N)C(=O)c1n[nH]c2ccc(C(F)(F)F)cc12. The van der Waals surface area contributed by atoms with Gasteiger partial charge in [0.1, 0.15) is 5.69 Å². The van der Waals surface area contributed by atoms with Gasteiger partial charge in [-0.3, -0.25) is 9.89 Å². The quantitative estimate of drug-likeness (QED) is 0.809. The van der Waals surface area contributed by atoms with Crippen molar-refractivity contribution < 1.29 is 18.0 Å². The molecule has 0 saturated heterocycles. The topological polar surface area (TPSA) is 71.8 Å². The molecule has 2 rings (SSSR count). The lowest BCUT2D eigenvalue weighted by Gasteiger charge is -2.06. The van der Waals surface area contributed by atoms with Crippen LogP contribution in [0.4, 0.5) is 13.2 Å². The number of H-pyrrole nitrogens is 1. The first-order valence-electron chi connectivity index (χ1n) is 5.16. The molecular weight excluding hydrogens is 247 g/mol. The average molecular weight is 257 g/mol. The largest absolute Gasteiger partial charge is 0.416 e. The zero-order valence-corrected chi connectivity index (χ0v) is 9.38. The van der Waals surface area contributed by atoms with Gasteiger partial charge < -0.3 is 5.73 Å². The summed E-state index contributed by atoms with van der Waals surface area (Å²) in [4.78, 5) is 11.7. The third-order valence-corrected chi connectivity index (χ3v) is 2.54. The number of hydrogen-bond donors (Lipinski definition) is 2. The first-order chi connectivity index (χ1) is 8.30. The van der Waals surface area contributed by atoms with Crippen LogP contribution in [0.2, 0.25) is 0 Å². The number of ketones is 1. The summed E-state index contributed by atoms with van der Waals surface area (Å²) in [6, 6.07) is 2.25. The molecular formula is C11H10F3N3O. The van der Waals surface area contributed by atoms with E-state index < -0.39 is 23.6 Å². The molecule has 1 heterocycles. The number of aromatic amines is 1. The minimum Gasteiger partial charge on any atom is -0.321 e. The maximum atomic E-state index is 12.6. The number of fused-ring (bicyclic) bond motifs is 1. The van der Waals surface area contributed by atoms with Gasteiger partial charge in [0.15, 0.2) is 5.78 Å². The maximum Gasteiger partial charge on any atom is 0.416 e. The molecule has 3 N–H and O–H groups in total. The molecule has 0 spiro atoms. The number of carbonyl (C=O) groups excluding carboxylic acids is 1. The van der Waals surface area contributed by atoms with Crippen LogP contribution in [0.3, 0.4) is 0 Å². The van der Waals surface area contributed by atoms with Crippen LogP contribution < -0.4 is 5.73 Å². The van der Waals surface area contributed by atoms with Crippen LogP contribution in [0.5, 0.6) is 0 Å². The molecule has 1 aromatic carbocycles. The highest BCUT2D eigenvalue weighted by atomic mass is 19.4. The van der Waals surface area contributed by atoms with E-state index in [1.807, 2.05) is 0 Å². The Morgan fingerprint density at radius 3 is 2.67 bits per heavy atom. The van der Waals surface area contributed by atoms with Crippen LogP contribution >= 0.6 is 0 Å².